The van der Waals surface area contributed by atoms with Gasteiger partial charge in [-0.1, -0.05) is 34.1 Å². The molecule has 0 saturated carbocycles. The third-order valence-corrected chi connectivity index (χ3v) is 2.16. The molecule has 0 aliphatic carbocycles. The number of hydrogen-bond acceptors (Lipinski definition) is 0. The molecule has 0 radical (unpaired) electrons. The summed E-state index contributed by atoms with van der Waals surface area (Å²) in [6.07, 6.45) is 0. The number of hydrogen-bond donors (Lipinski definition) is 1. The van der Waals surface area contributed by atoms with Crippen LogP contribution in [0.5, 0.6) is 0 Å². The van der Waals surface area contributed by atoms with Crippen molar-refractivity contribution in [3.63, 3.8) is 0 Å². The van der Waals surface area contributed by atoms with Gasteiger partial charge in [0.25, 0.3) is 0 Å². The van der Waals surface area contributed by atoms with Gasteiger partial charge < -0.3 is 5.73 Å². The summed E-state index contributed by atoms with van der Waals surface area (Å²) >= 11 is 3.46. The summed E-state index contributed by atoms with van der Waals surface area (Å²) in [5.41, 5.74) is 5.21. The second-order valence-electron chi connectivity index (χ2n) is 2.42. The van der Waals surface area contributed by atoms with E-state index in [2.05, 4.69) is 34.7 Å². The van der Waals surface area contributed by atoms with E-state index in [4.69, 9.17) is 0 Å². The molecule has 1 rings (SSSR count). The van der Waals surface area contributed by atoms with Gasteiger partial charge in [-0.25, -0.2) is 0 Å². The van der Waals surface area contributed by atoms with Gasteiger partial charge in [-0.15, -0.1) is 0 Å². The van der Waals surface area contributed by atoms with Crippen molar-refractivity contribution in [2.75, 3.05) is 0 Å². The quantitative estimate of drug-likeness (QED) is 0.716. The molecule has 1 aromatic carbocycles. The molecular formula is C8H11BrN+. The van der Waals surface area contributed by atoms with E-state index >= 15 is 0 Å². The average molecular weight is 201 g/mol. The van der Waals surface area contributed by atoms with Gasteiger partial charge in [0.05, 0.1) is 0 Å². The highest BCUT2D eigenvalue weighted by Crippen LogP contribution is 2.19. The average Bonchev–Trinajstić information content (AvgIpc) is 1.88. The Morgan fingerprint density at radius 1 is 1.40 bits per heavy atom. The zero-order valence-electron chi connectivity index (χ0n) is 5.97. The Hall–Kier alpha value is -0.340. The largest absolute Gasteiger partial charge is 0.352 e. The Labute approximate surface area is 69.4 Å². The topological polar surface area (TPSA) is 27.6 Å². The maximum atomic E-state index is 3.94. The highest BCUT2D eigenvalue weighted by atomic mass is 79.9. The van der Waals surface area contributed by atoms with Crippen molar-refractivity contribution >= 4 is 15.9 Å². The van der Waals surface area contributed by atoms with Crippen LogP contribution in [-0.4, -0.2) is 0 Å². The van der Waals surface area contributed by atoms with Gasteiger partial charge in [0.1, 0.15) is 6.04 Å². The number of halogens is 1. The van der Waals surface area contributed by atoms with Crippen molar-refractivity contribution < 1.29 is 5.73 Å². The summed E-state index contributed by atoms with van der Waals surface area (Å²) in [4.78, 5) is 0. The molecule has 0 fully saturated rings. The minimum atomic E-state index is 0.357. The number of rotatable bonds is 1. The van der Waals surface area contributed by atoms with E-state index in [-0.39, 0.29) is 0 Å². The second kappa shape index (κ2) is 3.17. The lowest BCUT2D eigenvalue weighted by Gasteiger charge is -2.03. The van der Waals surface area contributed by atoms with Crippen LogP contribution in [0.15, 0.2) is 28.7 Å². The standard InChI is InChI=1S/C8H10BrN/c1-6(10)7-4-2-3-5-8(7)9/h2-6H,10H2,1H3/p+1/t6-/m1/s1. The first-order valence-electron chi connectivity index (χ1n) is 3.29. The molecule has 1 aromatic rings. The maximum absolute atomic E-state index is 3.94. The highest BCUT2D eigenvalue weighted by molar-refractivity contribution is 9.10. The van der Waals surface area contributed by atoms with Gasteiger partial charge in [0.2, 0.25) is 0 Å². The van der Waals surface area contributed by atoms with E-state index in [1.807, 2.05) is 18.2 Å². The molecule has 10 heavy (non-hydrogen) atoms. The predicted molar refractivity (Wildman–Crippen MR) is 45.4 cm³/mol. The minimum absolute atomic E-state index is 0.357. The summed E-state index contributed by atoms with van der Waals surface area (Å²) < 4.78 is 1.15. The van der Waals surface area contributed by atoms with Crippen molar-refractivity contribution in [1.82, 2.24) is 0 Å². The van der Waals surface area contributed by atoms with Crippen LogP contribution in [0.4, 0.5) is 0 Å². The van der Waals surface area contributed by atoms with E-state index in [9.17, 15) is 0 Å². The van der Waals surface area contributed by atoms with Crippen LogP contribution < -0.4 is 5.73 Å². The molecule has 0 saturated heterocycles. The fourth-order valence-electron chi connectivity index (χ4n) is 0.875. The first kappa shape index (κ1) is 7.76. The van der Waals surface area contributed by atoms with Crippen molar-refractivity contribution in [2.24, 2.45) is 0 Å². The normalized spacial score (nSPS) is 13.1. The molecule has 3 N–H and O–H groups in total. The fourth-order valence-corrected chi connectivity index (χ4v) is 1.55. The van der Waals surface area contributed by atoms with Crippen LogP contribution in [-0.2, 0) is 0 Å². The fraction of sp³-hybridized carbons (Fsp3) is 0.250. The van der Waals surface area contributed by atoms with Crippen LogP contribution in [0.1, 0.15) is 18.5 Å². The maximum Gasteiger partial charge on any atom is 0.108 e. The molecular weight excluding hydrogens is 190 g/mol. The van der Waals surface area contributed by atoms with Crippen LogP contribution >= 0.6 is 15.9 Å². The first-order valence-corrected chi connectivity index (χ1v) is 4.08. The van der Waals surface area contributed by atoms with Crippen molar-refractivity contribution in [2.45, 2.75) is 13.0 Å². The van der Waals surface area contributed by atoms with Gasteiger partial charge in [-0.3, -0.25) is 0 Å². The zero-order chi connectivity index (χ0) is 7.56. The van der Waals surface area contributed by atoms with Crippen LogP contribution in [0, 0.1) is 0 Å². The van der Waals surface area contributed by atoms with E-state index in [1.165, 1.54) is 5.56 Å². The Bertz CT molecular complexity index is 220. The monoisotopic (exact) mass is 200 g/mol. The van der Waals surface area contributed by atoms with E-state index in [1.54, 1.807) is 0 Å². The Balaban J connectivity index is 3.03. The van der Waals surface area contributed by atoms with E-state index in [0.717, 1.165) is 4.47 Å². The van der Waals surface area contributed by atoms with Crippen LogP contribution in [0.3, 0.4) is 0 Å². The molecule has 0 heterocycles. The molecule has 0 aliphatic heterocycles. The van der Waals surface area contributed by atoms with Gasteiger partial charge in [0.15, 0.2) is 0 Å². The lowest BCUT2D eigenvalue weighted by atomic mass is 10.1. The first-order chi connectivity index (χ1) is 4.72. The number of benzene rings is 1. The van der Waals surface area contributed by atoms with Crippen molar-refractivity contribution in [3.8, 4) is 0 Å². The lowest BCUT2D eigenvalue weighted by Crippen LogP contribution is -2.51. The summed E-state index contributed by atoms with van der Waals surface area (Å²) in [5.74, 6) is 0. The van der Waals surface area contributed by atoms with Gasteiger partial charge in [-0.05, 0) is 13.0 Å². The second-order valence-corrected chi connectivity index (χ2v) is 3.28. The lowest BCUT2D eigenvalue weighted by molar-refractivity contribution is -0.420. The third-order valence-electron chi connectivity index (χ3n) is 1.44. The predicted octanol–water partition coefficient (Wildman–Crippen LogP) is 1.75. The Morgan fingerprint density at radius 2 is 2.00 bits per heavy atom. The Kier molecular flexibility index (Phi) is 2.46. The summed E-state index contributed by atoms with van der Waals surface area (Å²) in [6, 6.07) is 8.52. The molecule has 1 nitrogen and oxygen atoms in total. The SMILES string of the molecule is C[C@@H]([NH3+])c1ccccc1Br. The van der Waals surface area contributed by atoms with Crippen molar-refractivity contribution in [1.29, 1.82) is 0 Å². The summed E-state index contributed by atoms with van der Waals surface area (Å²) in [6.45, 7) is 2.08. The van der Waals surface area contributed by atoms with E-state index in [0.29, 0.717) is 6.04 Å². The van der Waals surface area contributed by atoms with Crippen LogP contribution in [0.2, 0.25) is 0 Å². The molecule has 0 aliphatic rings. The molecule has 1 atom stereocenters. The van der Waals surface area contributed by atoms with Crippen molar-refractivity contribution in [3.05, 3.63) is 34.3 Å². The molecule has 0 bridgehead atoms. The van der Waals surface area contributed by atoms with Gasteiger partial charge in [0, 0.05) is 10.0 Å². The molecule has 2 heteroatoms. The Morgan fingerprint density at radius 3 is 2.40 bits per heavy atom. The smallest absolute Gasteiger partial charge is 0.108 e. The molecule has 0 amide bonds. The number of quaternary nitrogens is 1. The zero-order valence-corrected chi connectivity index (χ0v) is 7.56. The molecule has 0 aromatic heterocycles. The highest BCUT2D eigenvalue weighted by Gasteiger charge is 2.04. The summed E-state index contributed by atoms with van der Waals surface area (Å²) in [5, 5.41) is 0. The minimum Gasteiger partial charge on any atom is -0.352 e. The van der Waals surface area contributed by atoms with E-state index < -0.39 is 0 Å². The van der Waals surface area contributed by atoms with Crippen LogP contribution in [0.25, 0.3) is 0 Å². The third kappa shape index (κ3) is 1.58. The van der Waals surface area contributed by atoms with Gasteiger partial charge in [-0.2, -0.15) is 0 Å². The molecule has 0 unspecified atom stereocenters. The molecule has 54 valence electrons. The summed E-state index contributed by atoms with van der Waals surface area (Å²) in [7, 11) is 0. The molecule has 0 spiro atoms. The van der Waals surface area contributed by atoms with Gasteiger partial charge >= 0.3 is 0 Å².